The van der Waals surface area contributed by atoms with Gasteiger partial charge >= 0.3 is 0 Å². The van der Waals surface area contributed by atoms with E-state index in [-0.39, 0.29) is 17.5 Å². The third kappa shape index (κ3) is 4.37. The maximum Gasteiger partial charge on any atom is 0.272 e. The molecule has 0 saturated carbocycles. The van der Waals surface area contributed by atoms with E-state index in [9.17, 15) is 9.59 Å². The molecule has 0 bridgehead atoms. The van der Waals surface area contributed by atoms with Gasteiger partial charge in [-0.3, -0.25) is 14.3 Å². The van der Waals surface area contributed by atoms with E-state index >= 15 is 0 Å². The van der Waals surface area contributed by atoms with Crippen molar-refractivity contribution in [2.24, 2.45) is 0 Å². The van der Waals surface area contributed by atoms with Crippen LogP contribution in [0.15, 0.2) is 36.4 Å². The van der Waals surface area contributed by atoms with Gasteiger partial charge in [0.2, 0.25) is 5.91 Å². The number of anilines is 1. The second-order valence-electron chi connectivity index (χ2n) is 6.71. The van der Waals surface area contributed by atoms with Gasteiger partial charge in [-0.1, -0.05) is 25.1 Å². The summed E-state index contributed by atoms with van der Waals surface area (Å²) in [5.41, 5.74) is 3.93. The highest BCUT2D eigenvalue weighted by Crippen LogP contribution is 2.18. The Labute approximate surface area is 169 Å². The standard InChI is InChI=1S/C21H26N6O2/c1-5-20(28)23-19-12-18(25-27(19)16-10-8-7-9-11-16)21(29)22-13-17-14(3)24-26(6-2)15(17)4/h7-12H,5-6,13H2,1-4H3,(H,22,29)(H,23,28). The van der Waals surface area contributed by atoms with E-state index in [4.69, 9.17) is 0 Å². The van der Waals surface area contributed by atoms with Gasteiger partial charge in [-0.25, -0.2) is 4.68 Å². The zero-order valence-electron chi connectivity index (χ0n) is 17.2. The Kier molecular flexibility index (Phi) is 6.11. The van der Waals surface area contributed by atoms with Crippen LogP contribution in [0, 0.1) is 13.8 Å². The highest BCUT2D eigenvalue weighted by atomic mass is 16.2. The topological polar surface area (TPSA) is 93.8 Å². The Morgan fingerprint density at radius 2 is 1.79 bits per heavy atom. The van der Waals surface area contributed by atoms with E-state index in [0.29, 0.717) is 18.8 Å². The summed E-state index contributed by atoms with van der Waals surface area (Å²) in [5, 5.41) is 14.6. The molecule has 1 aromatic carbocycles. The molecule has 2 heterocycles. The fourth-order valence-corrected chi connectivity index (χ4v) is 3.14. The van der Waals surface area contributed by atoms with E-state index in [1.54, 1.807) is 17.7 Å². The number of nitrogens with zero attached hydrogens (tertiary/aromatic N) is 4. The van der Waals surface area contributed by atoms with Crippen LogP contribution in [-0.2, 0) is 17.9 Å². The summed E-state index contributed by atoms with van der Waals surface area (Å²) in [6, 6.07) is 11.0. The Balaban J connectivity index is 1.83. The summed E-state index contributed by atoms with van der Waals surface area (Å²) in [6.07, 6.45) is 0.335. The minimum atomic E-state index is -0.310. The van der Waals surface area contributed by atoms with Crippen LogP contribution in [0.2, 0.25) is 0 Å². The van der Waals surface area contributed by atoms with Crippen molar-refractivity contribution >= 4 is 17.6 Å². The van der Waals surface area contributed by atoms with Gasteiger partial charge in [0.1, 0.15) is 5.82 Å². The number of para-hydroxylation sites is 1. The molecule has 0 atom stereocenters. The minimum absolute atomic E-state index is 0.146. The SMILES string of the molecule is CCC(=O)Nc1cc(C(=O)NCc2c(C)nn(CC)c2C)nn1-c1ccccc1. The van der Waals surface area contributed by atoms with Gasteiger partial charge in [-0.15, -0.1) is 0 Å². The first-order valence-corrected chi connectivity index (χ1v) is 9.71. The Morgan fingerprint density at radius 3 is 2.41 bits per heavy atom. The average Bonchev–Trinajstić information content (AvgIpc) is 3.27. The molecule has 29 heavy (non-hydrogen) atoms. The largest absolute Gasteiger partial charge is 0.346 e. The van der Waals surface area contributed by atoms with Crippen molar-refractivity contribution in [3.05, 3.63) is 59.0 Å². The van der Waals surface area contributed by atoms with Gasteiger partial charge in [-0.2, -0.15) is 10.2 Å². The van der Waals surface area contributed by atoms with Crippen LogP contribution in [-0.4, -0.2) is 31.4 Å². The molecular formula is C21H26N6O2. The molecule has 2 N–H and O–H groups in total. The lowest BCUT2D eigenvalue weighted by Crippen LogP contribution is -2.24. The third-order valence-electron chi connectivity index (χ3n) is 4.79. The number of carbonyl (C=O) groups is 2. The average molecular weight is 394 g/mol. The molecule has 0 fully saturated rings. The second-order valence-corrected chi connectivity index (χ2v) is 6.71. The van der Waals surface area contributed by atoms with Crippen LogP contribution in [0.3, 0.4) is 0 Å². The van der Waals surface area contributed by atoms with Gasteiger partial charge in [0.25, 0.3) is 5.91 Å². The summed E-state index contributed by atoms with van der Waals surface area (Å²) < 4.78 is 3.48. The Morgan fingerprint density at radius 1 is 1.07 bits per heavy atom. The van der Waals surface area contributed by atoms with Crippen molar-refractivity contribution in [2.75, 3.05) is 5.32 Å². The van der Waals surface area contributed by atoms with Crippen LogP contribution < -0.4 is 10.6 Å². The maximum absolute atomic E-state index is 12.7. The molecule has 0 spiro atoms. The third-order valence-corrected chi connectivity index (χ3v) is 4.79. The quantitative estimate of drug-likeness (QED) is 0.644. The number of hydrogen-bond donors (Lipinski definition) is 2. The zero-order valence-corrected chi connectivity index (χ0v) is 17.2. The molecule has 0 aliphatic carbocycles. The molecule has 2 aromatic heterocycles. The number of nitrogens with one attached hydrogen (secondary N) is 2. The predicted octanol–water partition coefficient (Wildman–Crippen LogP) is 2.98. The van der Waals surface area contributed by atoms with Gasteiger partial charge in [0.15, 0.2) is 5.69 Å². The highest BCUT2D eigenvalue weighted by Gasteiger charge is 2.18. The lowest BCUT2D eigenvalue weighted by Gasteiger charge is -2.07. The minimum Gasteiger partial charge on any atom is -0.346 e. The van der Waals surface area contributed by atoms with Gasteiger partial charge in [-0.05, 0) is 32.9 Å². The summed E-state index contributed by atoms with van der Waals surface area (Å²) in [7, 11) is 0. The summed E-state index contributed by atoms with van der Waals surface area (Å²) in [6.45, 7) is 8.88. The normalized spacial score (nSPS) is 10.8. The van der Waals surface area contributed by atoms with E-state index in [0.717, 1.165) is 29.2 Å². The smallest absolute Gasteiger partial charge is 0.272 e. The molecule has 0 aliphatic heterocycles. The van der Waals surface area contributed by atoms with E-state index in [1.807, 2.05) is 55.8 Å². The molecule has 2 amide bonds. The molecule has 8 heteroatoms. The molecule has 152 valence electrons. The van der Waals surface area contributed by atoms with Crippen LogP contribution in [0.4, 0.5) is 5.82 Å². The molecule has 3 rings (SSSR count). The van der Waals surface area contributed by atoms with E-state index < -0.39 is 0 Å². The second kappa shape index (κ2) is 8.72. The zero-order chi connectivity index (χ0) is 21.0. The van der Waals surface area contributed by atoms with Gasteiger partial charge < -0.3 is 10.6 Å². The predicted molar refractivity (Wildman–Crippen MR) is 111 cm³/mol. The molecular weight excluding hydrogens is 368 g/mol. The molecule has 0 saturated heterocycles. The fraction of sp³-hybridized carbons (Fsp3) is 0.333. The fourth-order valence-electron chi connectivity index (χ4n) is 3.14. The number of aryl methyl sites for hydroxylation is 2. The van der Waals surface area contributed by atoms with Crippen molar-refractivity contribution < 1.29 is 9.59 Å². The van der Waals surface area contributed by atoms with Crippen molar-refractivity contribution in [2.45, 2.75) is 47.2 Å². The number of amides is 2. The first kappa shape index (κ1) is 20.3. The summed E-state index contributed by atoms with van der Waals surface area (Å²) in [4.78, 5) is 24.6. The number of carbonyl (C=O) groups excluding carboxylic acids is 2. The van der Waals surface area contributed by atoms with Crippen molar-refractivity contribution in [1.29, 1.82) is 0 Å². The number of hydrogen-bond acceptors (Lipinski definition) is 4. The molecule has 3 aromatic rings. The number of aromatic nitrogens is 4. The first-order chi connectivity index (χ1) is 13.9. The number of benzene rings is 1. The van der Waals surface area contributed by atoms with Crippen LogP contribution >= 0.6 is 0 Å². The molecule has 8 nitrogen and oxygen atoms in total. The summed E-state index contributed by atoms with van der Waals surface area (Å²) >= 11 is 0. The number of rotatable bonds is 7. The van der Waals surface area contributed by atoms with E-state index in [2.05, 4.69) is 20.8 Å². The Hall–Kier alpha value is -3.42. The molecule has 0 unspecified atom stereocenters. The maximum atomic E-state index is 12.7. The highest BCUT2D eigenvalue weighted by molar-refractivity contribution is 5.95. The van der Waals surface area contributed by atoms with Crippen LogP contribution in [0.1, 0.15) is 47.7 Å². The Bertz CT molecular complexity index is 1020. The van der Waals surface area contributed by atoms with Crippen molar-refractivity contribution in [3.63, 3.8) is 0 Å². The lowest BCUT2D eigenvalue weighted by molar-refractivity contribution is -0.115. The summed E-state index contributed by atoms with van der Waals surface area (Å²) in [5.74, 6) is 0.00126. The monoisotopic (exact) mass is 394 g/mol. The lowest BCUT2D eigenvalue weighted by atomic mass is 10.2. The van der Waals surface area contributed by atoms with Crippen LogP contribution in [0.5, 0.6) is 0 Å². The first-order valence-electron chi connectivity index (χ1n) is 9.71. The van der Waals surface area contributed by atoms with Crippen LogP contribution in [0.25, 0.3) is 5.69 Å². The van der Waals surface area contributed by atoms with E-state index in [1.165, 1.54) is 0 Å². The van der Waals surface area contributed by atoms with Crippen molar-refractivity contribution in [1.82, 2.24) is 24.9 Å². The van der Waals surface area contributed by atoms with Gasteiger partial charge in [0, 0.05) is 36.8 Å². The van der Waals surface area contributed by atoms with Crippen molar-refractivity contribution in [3.8, 4) is 5.69 Å². The van der Waals surface area contributed by atoms with Gasteiger partial charge in [0.05, 0.1) is 11.4 Å². The molecule has 0 radical (unpaired) electrons. The molecule has 0 aliphatic rings.